The fourth-order valence-corrected chi connectivity index (χ4v) is 2.57. The molecule has 2 N–H and O–H groups in total. The van der Waals surface area contributed by atoms with Crippen molar-refractivity contribution in [2.24, 2.45) is 0 Å². The maximum atomic E-state index is 12.3. The first-order valence-corrected chi connectivity index (χ1v) is 7.05. The van der Waals surface area contributed by atoms with Crippen molar-refractivity contribution in [2.45, 2.75) is 26.3 Å². The molecule has 0 saturated heterocycles. The fraction of sp³-hybridized carbons (Fsp3) is 0.286. The summed E-state index contributed by atoms with van der Waals surface area (Å²) in [6, 6.07) is 2.69. The molecule has 1 aromatic rings. The molecule has 0 bridgehead atoms. The van der Waals surface area contributed by atoms with Crippen molar-refractivity contribution in [3.63, 3.8) is 0 Å². The minimum absolute atomic E-state index is 0.0249. The highest BCUT2D eigenvalue weighted by Gasteiger charge is 2.32. The van der Waals surface area contributed by atoms with Crippen molar-refractivity contribution >= 4 is 40.7 Å². The van der Waals surface area contributed by atoms with Gasteiger partial charge in [0.05, 0.1) is 10.0 Å². The molecule has 0 saturated carbocycles. The van der Waals surface area contributed by atoms with Crippen LogP contribution in [0.5, 0.6) is 5.75 Å². The lowest BCUT2D eigenvalue weighted by Gasteiger charge is -2.28. The summed E-state index contributed by atoms with van der Waals surface area (Å²) in [6.07, 6.45) is 1.51. The van der Waals surface area contributed by atoms with Crippen molar-refractivity contribution in [1.82, 2.24) is 4.90 Å². The monoisotopic (exact) mass is 328 g/mol. The number of halogens is 2. The second kappa shape index (κ2) is 5.95. The van der Waals surface area contributed by atoms with E-state index in [1.165, 1.54) is 18.2 Å². The molecule has 1 heterocycles. The summed E-state index contributed by atoms with van der Waals surface area (Å²) in [6.45, 7) is 3.50. The molecule has 1 aliphatic heterocycles. The van der Waals surface area contributed by atoms with Gasteiger partial charge in [-0.05, 0) is 32.1 Å². The number of amides is 2. The van der Waals surface area contributed by atoms with Crippen LogP contribution in [0.4, 0.5) is 5.69 Å². The van der Waals surface area contributed by atoms with E-state index < -0.39 is 5.91 Å². The second-order valence-electron chi connectivity index (χ2n) is 4.85. The molecule has 0 radical (unpaired) electrons. The molecule has 0 unspecified atom stereocenters. The lowest BCUT2D eigenvalue weighted by Crippen LogP contribution is -2.45. The Balaban J connectivity index is 2.32. The van der Waals surface area contributed by atoms with Crippen molar-refractivity contribution < 1.29 is 14.3 Å². The van der Waals surface area contributed by atoms with Crippen LogP contribution in [0.2, 0.25) is 10.0 Å². The van der Waals surface area contributed by atoms with Crippen molar-refractivity contribution in [2.75, 3.05) is 5.73 Å². The van der Waals surface area contributed by atoms with E-state index >= 15 is 0 Å². The molecule has 5 nitrogen and oxygen atoms in total. The van der Waals surface area contributed by atoms with Crippen LogP contribution in [0, 0.1) is 0 Å². The van der Waals surface area contributed by atoms with Gasteiger partial charge in [-0.1, -0.05) is 23.2 Å². The van der Waals surface area contributed by atoms with Gasteiger partial charge in [-0.3, -0.25) is 14.5 Å². The van der Waals surface area contributed by atoms with Gasteiger partial charge < -0.3 is 10.5 Å². The van der Waals surface area contributed by atoms with Crippen LogP contribution >= 0.6 is 23.2 Å². The molecule has 1 aliphatic rings. The number of hydrogen-bond donors (Lipinski definition) is 1. The SMILES string of the molecule is CC(C)N1C(=O)CC=C(Oc2c(Cl)cc(N)cc2Cl)C1=O. The van der Waals surface area contributed by atoms with Gasteiger partial charge in [-0.25, -0.2) is 0 Å². The highest BCUT2D eigenvalue weighted by molar-refractivity contribution is 6.37. The van der Waals surface area contributed by atoms with E-state index in [-0.39, 0.29) is 39.9 Å². The number of rotatable bonds is 3. The third-order valence-electron chi connectivity index (χ3n) is 2.91. The molecule has 0 aliphatic carbocycles. The fourth-order valence-electron chi connectivity index (χ4n) is 1.99. The lowest BCUT2D eigenvalue weighted by molar-refractivity contribution is -0.146. The number of carbonyl (C=O) groups is 2. The predicted octanol–water partition coefficient (Wildman–Crippen LogP) is 3.01. The summed E-state index contributed by atoms with van der Waals surface area (Å²) in [5.41, 5.74) is 6.00. The van der Waals surface area contributed by atoms with Crippen LogP contribution in [0.25, 0.3) is 0 Å². The zero-order valence-electron chi connectivity index (χ0n) is 11.5. The van der Waals surface area contributed by atoms with E-state index in [1.54, 1.807) is 13.8 Å². The number of benzene rings is 1. The average Bonchev–Trinajstić information content (AvgIpc) is 2.35. The molecule has 21 heavy (non-hydrogen) atoms. The van der Waals surface area contributed by atoms with Crippen LogP contribution in [0.15, 0.2) is 24.0 Å². The number of imide groups is 1. The summed E-state index contributed by atoms with van der Waals surface area (Å²) in [5, 5.41) is 0.392. The quantitative estimate of drug-likeness (QED) is 0.683. The molecule has 2 amide bonds. The Morgan fingerprint density at radius 2 is 1.81 bits per heavy atom. The van der Waals surface area contributed by atoms with Crippen LogP contribution in [-0.4, -0.2) is 22.8 Å². The Morgan fingerprint density at radius 3 is 2.33 bits per heavy atom. The van der Waals surface area contributed by atoms with Gasteiger partial charge >= 0.3 is 0 Å². The van der Waals surface area contributed by atoms with Gasteiger partial charge in [0, 0.05) is 18.2 Å². The Kier molecular flexibility index (Phi) is 4.44. The van der Waals surface area contributed by atoms with E-state index in [2.05, 4.69) is 0 Å². The first-order valence-electron chi connectivity index (χ1n) is 6.30. The summed E-state index contributed by atoms with van der Waals surface area (Å²) in [7, 11) is 0. The molecule has 1 aromatic carbocycles. The molecule has 0 spiro atoms. The highest BCUT2D eigenvalue weighted by atomic mass is 35.5. The van der Waals surface area contributed by atoms with E-state index in [4.69, 9.17) is 33.7 Å². The normalized spacial score (nSPS) is 15.5. The molecular formula is C14H14Cl2N2O3. The van der Waals surface area contributed by atoms with Gasteiger partial charge in [0.15, 0.2) is 11.5 Å². The number of nitrogen functional groups attached to an aromatic ring is 1. The zero-order chi connectivity index (χ0) is 15.7. The Hall–Kier alpha value is -1.72. The second-order valence-corrected chi connectivity index (χ2v) is 5.67. The first-order chi connectivity index (χ1) is 9.81. The number of nitrogens with zero attached hydrogens (tertiary/aromatic N) is 1. The topological polar surface area (TPSA) is 72.6 Å². The van der Waals surface area contributed by atoms with Crippen LogP contribution < -0.4 is 10.5 Å². The van der Waals surface area contributed by atoms with Crippen LogP contribution in [-0.2, 0) is 9.59 Å². The van der Waals surface area contributed by atoms with Gasteiger partial charge in [0.1, 0.15) is 0 Å². The van der Waals surface area contributed by atoms with Gasteiger partial charge in [-0.2, -0.15) is 0 Å². The zero-order valence-corrected chi connectivity index (χ0v) is 13.0. The third kappa shape index (κ3) is 3.14. The van der Waals surface area contributed by atoms with Crippen LogP contribution in [0.3, 0.4) is 0 Å². The largest absolute Gasteiger partial charge is 0.449 e. The molecule has 0 aromatic heterocycles. The van der Waals surface area contributed by atoms with Gasteiger partial charge in [-0.15, -0.1) is 0 Å². The molecule has 0 fully saturated rings. The first kappa shape index (κ1) is 15.7. The molecule has 7 heteroatoms. The van der Waals surface area contributed by atoms with E-state index in [1.807, 2.05) is 0 Å². The van der Waals surface area contributed by atoms with Crippen LogP contribution in [0.1, 0.15) is 20.3 Å². The van der Waals surface area contributed by atoms with E-state index in [9.17, 15) is 9.59 Å². The summed E-state index contributed by atoms with van der Waals surface area (Å²) in [4.78, 5) is 25.2. The van der Waals surface area contributed by atoms with E-state index in [0.717, 1.165) is 4.90 Å². The molecule has 2 rings (SSSR count). The maximum Gasteiger partial charge on any atom is 0.296 e. The number of anilines is 1. The Labute approximate surface area is 132 Å². The standard InChI is InChI=1S/C14H14Cl2N2O3/c1-7(2)18-12(19)4-3-11(14(18)20)21-13-9(15)5-8(17)6-10(13)16/h3,5-7H,4,17H2,1-2H3. The number of carbonyl (C=O) groups excluding carboxylic acids is 2. The summed E-state index contributed by atoms with van der Waals surface area (Å²) in [5.74, 6) is -0.607. The van der Waals surface area contributed by atoms with Crippen molar-refractivity contribution in [3.8, 4) is 5.75 Å². The third-order valence-corrected chi connectivity index (χ3v) is 3.47. The Morgan fingerprint density at radius 1 is 1.24 bits per heavy atom. The Bertz CT molecular complexity index is 618. The number of nitrogens with two attached hydrogens (primary N) is 1. The minimum atomic E-state index is -0.509. The molecule has 0 atom stereocenters. The average molecular weight is 329 g/mol. The molecular weight excluding hydrogens is 315 g/mol. The van der Waals surface area contributed by atoms with Gasteiger partial charge in [0.2, 0.25) is 5.91 Å². The van der Waals surface area contributed by atoms with Crippen molar-refractivity contribution in [1.29, 1.82) is 0 Å². The number of hydrogen-bond acceptors (Lipinski definition) is 4. The maximum absolute atomic E-state index is 12.3. The summed E-state index contributed by atoms with van der Waals surface area (Å²) >= 11 is 12.0. The number of ether oxygens (including phenoxy) is 1. The van der Waals surface area contributed by atoms with E-state index in [0.29, 0.717) is 5.69 Å². The van der Waals surface area contributed by atoms with Gasteiger partial charge in [0.25, 0.3) is 5.91 Å². The molecule has 112 valence electrons. The minimum Gasteiger partial charge on any atom is -0.449 e. The highest BCUT2D eigenvalue weighted by Crippen LogP contribution is 2.37. The lowest BCUT2D eigenvalue weighted by atomic mass is 10.1. The van der Waals surface area contributed by atoms with Crippen molar-refractivity contribution in [3.05, 3.63) is 34.0 Å². The predicted molar refractivity (Wildman–Crippen MR) is 81.2 cm³/mol. The smallest absolute Gasteiger partial charge is 0.296 e. The summed E-state index contributed by atoms with van der Waals surface area (Å²) < 4.78 is 5.51.